The fourth-order valence-electron chi connectivity index (χ4n) is 0.550. The molecule has 1 nitrogen and oxygen atoms in total. The van der Waals surface area contributed by atoms with E-state index in [1.54, 1.807) is 20.8 Å². The van der Waals surface area contributed by atoms with Gasteiger partial charge in [0, 0.05) is 0 Å². The lowest BCUT2D eigenvalue weighted by molar-refractivity contribution is -0.0715. The molecule has 3 heteroatoms. The molecular weight excluding hydrogens is 138 g/mol. The van der Waals surface area contributed by atoms with Gasteiger partial charge in [0.05, 0.1) is 0 Å². The zero-order valence-electron chi connectivity index (χ0n) is 6.56. The summed E-state index contributed by atoms with van der Waals surface area (Å²) >= 11 is 0. The van der Waals surface area contributed by atoms with Gasteiger partial charge in [0.1, 0.15) is 6.10 Å². The van der Waals surface area contributed by atoms with Crippen LogP contribution < -0.4 is 0 Å². The lowest BCUT2D eigenvalue weighted by Crippen LogP contribution is -2.34. The Bertz CT molecular complexity index is 102. The largest absolute Gasteiger partial charge is 0.387 e. The number of hydrogen-bond donors (Lipinski definition) is 1. The maximum atomic E-state index is 11.9. The first-order valence-corrected chi connectivity index (χ1v) is 3.38. The van der Waals surface area contributed by atoms with E-state index in [2.05, 4.69) is 0 Å². The highest BCUT2D eigenvalue weighted by Gasteiger charge is 2.32. The predicted octanol–water partition coefficient (Wildman–Crippen LogP) is 2.05. The van der Waals surface area contributed by atoms with E-state index >= 15 is 0 Å². The quantitative estimate of drug-likeness (QED) is 0.656. The molecule has 0 aliphatic carbocycles. The molecule has 0 amide bonds. The summed E-state index contributed by atoms with van der Waals surface area (Å²) in [5, 5.41) is 8.90. The average molecular weight is 152 g/mol. The molecule has 0 saturated carbocycles. The van der Waals surface area contributed by atoms with Crippen molar-refractivity contribution in [3.05, 3.63) is 0 Å². The van der Waals surface area contributed by atoms with Gasteiger partial charge in [0.2, 0.25) is 0 Å². The smallest absolute Gasteiger partial charge is 0.264 e. The molecule has 0 saturated heterocycles. The molecule has 0 fully saturated rings. The van der Waals surface area contributed by atoms with Gasteiger partial charge in [-0.25, -0.2) is 8.78 Å². The Morgan fingerprint density at radius 3 is 1.90 bits per heavy atom. The van der Waals surface area contributed by atoms with Crippen LogP contribution in [0.4, 0.5) is 8.78 Å². The van der Waals surface area contributed by atoms with Crippen molar-refractivity contribution in [3.8, 4) is 0 Å². The lowest BCUT2D eigenvalue weighted by Gasteiger charge is -2.28. The van der Waals surface area contributed by atoms with Gasteiger partial charge < -0.3 is 5.11 Å². The van der Waals surface area contributed by atoms with Crippen molar-refractivity contribution >= 4 is 0 Å². The van der Waals surface area contributed by atoms with Crippen molar-refractivity contribution in [2.24, 2.45) is 5.41 Å². The van der Waals surface area contributed by atoms with Crippen LogP contribution in [0.1, 0.15) is 27.2 Å². The summed E-state index contributed by atoms with van der Waals surface area (Å²) in [6.07, 6.45) is -3.58. The second-order valence-corrected chi connectivity index (χ2v) is 3.12. The van der Waals surface area contributed by atoms with Gasteiger partial charge in [0.15, 0.2) is 0 Å². The third-order valence-electron chi connectivity index (χ3n) is 1.95. The molecule has 0 rings (SSSR count). The van der Waals surface area contributed by atoms with E-state index in [-0.39, 0.29) is 0 Å². The van der Waals surface area contributed by atoms with Gasteiger partial charge >= 0.3 is 0 Å². The Balaban J connectivity index is 4.03. The number of rotatable bonds is 3. The number of aliphatic hydroxyl groups excluding tert-OH is 1. The highest BCUT2D eigenvalue weighted by molar-refractivity contribution is 4.77. The summed E-state index contributed by atoms with van der Waals surface area (Å²) < 4.78 is 23.7. The monoisotopic (exact) mass is 152 g/mol. The Hall–Kier alpha value is -0.180. The molecule has 10 heavy (non-hydrogen) atoms. The molecule has 0 aromatic rings. The standard InChI is InChI=1S/C7H14F2O/c1-4-7(2,3)5(10)6(8)9/h5-6,10H,4H2,1-3H3. The van der Waals surface area contributed by atoms with E-state index in [4.69, 9.17) is 5.11 Å². The van der Waals surface area contributed by atoms with Crippen LogP contribution in [0.3, 0.4) is 0 Å². The molecule has 0 aliphatic heterocycles. The van der Waals surface area contributed by atoms with Gasteiger partial charge in [0.25, 0.3) is 6.43 Å². The molecule has 0 aromatic heterocycles. The van der Waals surface area contributed by atoms with E-state index in [1.165, 1.54) is 0 Å². The zero-order chi connectivity index (χ0) is 8.36. The lowest BCUT2D eigenvalue weighted by atomic mass is 9.84. The van der Waals surface area contributed by atoms with E-state index in [1.807, 2.05) is 0 Å². The van der Waals surface area contributed by atoms with Gasteiger partial charge in [-0.05, 0) is 11.8 Å². The Morgan fingerprint density at radius 2 is 1.80 bits per heavy atom. The second kappa shape index (κ2) is 3.28. The van der Waals surface area contributed by atoms with Crippen LogP contribution in [0.5, 0.6) is 0 Å². The van der Waals surface area contributed by atoms with E-state index in [0.717, 1.165) is 0 Å². The molecule has 0 heterocycles. The summed E-state index contributed by atoms with van der Waals surface area (Å²) in [6, 6.07) is 0. The van der Waals surface area contributed by atoms with Gasteiger partial charge in [-0.2, -0.15) is 0 Å². The minimum Gasteiger partial charge on any atom is -0.387 e. The maximum Gasteiger partial charge on any atom is 0.264 e. The first-order valence-electron chi connectivity index (χ1n) is 3.38. The molecule has 0 radical (unpaired) electrons. The van der Waals surface area contributed by atoms with E-state index < -0.39 is 17.9 Å². The summed E-state index contributed by atoms with van der Waals surface area (Å²) in [7, 11) is 0. The first-order chi connectivity index (χ1) is 4.41. The Morgan fingerprint density at radius 1 is 1.40 bits per heavy atom. The molecule has 0 bridgehead atoms. The molecule has 0 aromatic carbocycles. The predicted molar refractivity (Wildman–Crippen MR) is 36.1 cm³/mol. The third-order valence-corrected chi connectivity index (χ3v) is 1.95. The van der Waals surface area contributed by atoms with Crippen molar-refractivity contribution in [3.63, 3.8) is 0 Å². The minimum absolute atomic E-state index is 0.554. The van der Waals surface area contributed by atoms with Crippen molar-refractivity contribution in [2.75, 3.05) is 0 Å². The maximum absolute atomic E-state index is 11.9. The number of aliphatic hydroxyl groups is 1. The number of hydrogen-bond acceptors (Lipinski definition) is 1. The molecule has 1 unspecified atom stereocenters. The van der Waals surface area contributed by atoms with Crippen LogP contribution >= 0.6 is 0 Å². The topological polar surface area (TPSA) is 20.2 Å². The van der Waals surface area contributed by atoms with Gasteiger partial charge in [-0.3, -0.25) is 0 Å². The molecule has 0 aliphatic rings. The normalized spacial score (nSPS) is 15.9. The fraction of sp³-hybridized carbons (Fsp3) is 1.00. The van der Waals surface area contributed by atoms with Crippen LogP contribution in [-0.4, -0.2) is 17.6 Å². The van der Waals surface area contributed by atoms with Crippen LogP contribution in [-0.2, 0) is 0 Å². The van der Waals surface area contributed by atoms with Crippen molar-refractivity contribution in [2.45, 2.75) is 39.7 Å². The van der Waals surface area contributed by atoms with Crippen LogP contribution in [0.15, 0.2) is 0 Å². The summed E-state index contributed by atoms with van der Waals surface area (Å²) in [6.45, 7) is 5.04. The summed E-state index contributed by atoms with van der Waals surface area (Å²) in [5.74, 6) is 0. The number of alkyl halides is 2. The zero-order valence-corrected chi connectivity index (χ0v) is 6.56. The average Bonchev–Trinajstić information content (AvgIpc) is 1.86. The number of halogens is 2. The highest BCUT2D eigenvalue weighted by Crippen LogP contribution is 2.28. The van der Waals surface area contributed by atoms with Crippen molar-refractivity contribution in [1.29, 1.82) is 0 Å². The Kier molecular flexibility index (Phi) is 3.22. The minimum atomic E-state index is -2.63. The molecule has 1 atom stereocenters. The second-order valence-electron chi connectivity index (χ2n) is 3.12. The Labute approximate surface area is 60.1 Å². The first kappa shape index (κ1) is 9.82. The van der Waals surface area contributed by atoms with Crippen molar-refractivity contribution in [1.82, 2.24) is 0 Å². The SMILES string of the molecule is CCC(C)(C)C(O)C(F)F. The van der Waals surface area contributed by atoms with E-state index in [0.29, 0.717) is 6.42 Å². The molecule has 0 spiro atoms. The summed E-state index contributed by atoms with van der Waals surface area (Å²) in [5.41, 5.74) is -0.672. The van der Waals surface area contributed by atoms with Crippen LogP contribution in [0.2, 0.25) is 0 Å². The molecule has 1 N–H and O–H groups in total. The van der Waals surface area contributed by atoms with Crippen LogP contribution in [0.25, 0.3) is 0 Å². The molecular formula is C7H14F2O. The van der Waals surface area contributed by atoms with Crippen molar-refractivity contribution < 1.29 is 13.9 Å². The van der Waals surface area contributed by atoms with Gasteiger partial charge in [-0.15, -0.1) is 0 Å². The third kappa shape index (κ3) is 2.21. The fourth-order valence-corrected chi connectivity index (χ4v) is 0.550. The highest BCUT2D eigenvalue weighted by atomic mass is 19.3. The van der Waals surface area contributed by atoms with Crippen LogP contribution in [0, 0.1) is 5.41 Å². The summed E-state index contributed by atoms with van der Waals surface area (Å²) in [4.78, 5) is 0. The van der Waals surface area contributed by atoms with Gasteiger partial charge in [-0.1, -0.05) is 20.8 Å². The van der Waals surface area contributed by atoms with E-state index in [9.17, 15) is 8.78 Å². The molecule has 62 valence electrons.